The maximum atomic E-state index is 8.92. The van der Waals surface area contributed by atoms with Gasteiger partial charge in [0.1, 0.15) is 5.82 Å². The zero-order chi connectivity index (χ0) is 15.4. The van der Waals surface area contributed by atoms with Crippen LogP contribution in [0, 0.1) is 17.2 Å². The average Bonchev–Trinajstić information content (AvgIpc) is 3.17. The maximum Gasteiger partial charge on any atom is 0.216 e. The summed E-state index contributed by atoms with van der Waals surface area (Å²) >= 11 is 0. The number of aromatic nitrogens is 3. The molecule has 2 aromatic rings. The van der Waals surface area contributed by atoms with Gasteiger partial charge in [-0.2, -0.15) is 5.26 Å². The van der Waals surface area contributed by atoms with Crippen molar-refractivity contribution in [3.8, 4) is 6.07 Å². The van der Waals surface area contributed by atoms with Gasteiger partial charge in [0, 0.05) is 25.1 Å². The monoisotopic (exact) mass is 297 g/mol. The van der Waals surface area contributed by atoms with Crippen molar-refractivity contribution >= 4 is 5.82 Å². The van der Waals surface area contributed by atoms with E-state index >= 15 is 0 Å². The minimum atomic E-state index is 0.389. The molecule has 1 saturated carbocycles. The highest BCUT2D eigenvalue weighted by Crippen LogP contribution is 2.30. The smallest absolute Gasteiger partial charge is 0.216 e. The van der Waals surface area contributed by atoms with E-state index < -0.39 is 0 Å². The van der Waals surface area contributed by atoms with Crippen LogP contribution in [0.4, 0.5) is 5.82 Å². The van der Waals surface area contributed by atoms with Gasteiger partial charge in [-0.3, -0.25) is 0 Å². The minimum absolute atomic E-state index is 0.389. The Morgan fingerprint density at radius 3 is 3.00 bits per heavy atom. The number of anilines is 1. The third-order valence-corrected chi connectivity index (χ3v) is 4.06. The highest BCUT2D eigenvalue weighted by atomic mass is 16.4. The molecule has 1 N–H and O–H groups in total. The normalized spacial score (nSPS) is 20.7. The van der Waals surface area contributed by atoms with Crippen LogP contribution in [0.5, 0.6) is 0 Å². The van der Waals surface area contributed by atoms with E-state index in [1.54, 1.807) is 18.3 Å². The Morgan fingerprint density at radius 1 is 1.36 bits per heavy atom. The first kappa shape index (κ1) is 14.5. The van der Waals surface area contributed by atoms with Crippen molar-refractivity contribution in [3.05, 3.63) is 35.7 Å². The summed E-state index contributed by atoms with van der Waals surface area (Å²) in [7, 11) is 0. The predicted molar refractivity (Wildman–Crippen MR) is 81.1 cm³/mol. The Morgan fingerprint density at radius 2 is 2.23 bits per heavy atom. The Balaban J connectivity index is 1.54. The number of pyridine rings is 1. The van der Waals surface area contributed by atoms with Crippen molar-refractivity contribution in [3.63, 3.8) is 0 Å². The molecule has 0 aromatic carbocycles. The molecule has 3 rings (SSSR count). The highest BCUT2D eigenvalue weighted by Gasteiger charge is 2.26. The van der Waals surface area contributed by atoms with Crippen molar-refractivity contribution in [1.82, 2.24) is 15.2 Å². The van der Waals surface area contributed by atoms with Gasteiger partial charge in [-0.05, 0) is 37.3 Å². The van der Waals surface area contributed by atoms with E-state index in [-0.39, 0.29) is 0 Å². The Hall–Kier alpha value is -2.42. The van der Waals surface area contributed by atoms with Gasteiger partial charge < -0.3 is 9.73 Å². The predicted octanol–water partition coefficient (Wildman–Crippen LogP) is 2.72. The summed E-state index contributed by atoms with van der Waals surface area (Å²) in [6.45, 7) is 2.01. The molecule has 6 nitrogen and oxygen atoms in total. The van der Waals surface area contributed by atoms with Crippen LogP contribution in [0.15, 0.2) is 22.7 Å². The first-order chi connectivity index (χ1) is 10.8. The molecular weight excluding hydrogens is 278 g/mol. The molecule has 0 aliphatic heterocycles. The van der Waals surface area contributed by atoms with Crippen LogP contribution < -0.4 is 5.32 Å². The van der Waals surface area contributed by atoms with Crippen LogP contribution >= 0.6 is 0 Å². The van der Waals surface area contributed by atoms with E-state index in [1.165, 1.54) is 0 Å². The Kier molecular flexibility index (Phi) is 4.33. The molecule has 114 valence electrons. The number of nitriles is 1. The van der Waals surface area contributed by atoms with E-state index in [1.807, 2.05) is 6.92 Å². The van der Waals surface area contributed by atoms with E-state index in [2.05, 4.69) is 26.6 Å². The van der Waals surface area contributed by atoms with Gasteiger partial charge in [0.15, 0.2) is 0 Å². The molecule has 2 heterocycles. The number of aryl methyl sites for hydroxylation is 1. The number of hydrogen-bond donors (Lipinski definition) is 1. The van der Waals surface area contributed by atoms with Crippen LogP contribution in [0.2, 0.25) is 0 Å². The maximum absolute atomic E-state index is 8.92. The first-order valence-electron chi connectivity index (χ1n) is 7.70. The molecule has 0 radical (unpaired) electrons. The van der Waals surface area contributed by atoms with Gasteiger partial charge in [-0.25, -0.2) is 4.98 Å². The first-order valence-corrected chi connectivity index (χ1v) is 7.70. The average molecular weight is 297 g/mol. The molecule has 1 aliphatic rings. The molecule has 2 aromatic heterocycles. The molecule has 22 heavy (non-hydrogen) atoms. The lowest BCUT2D eigenvalue weighted by Crippen LogP contribution is -2.16. The second-order valence-corrected chi connectivity index (χ2v) is 5.71. The van der Waals surface area contributed by atoms with Crippen molar-refractivity contribution in [2.24, 2.45) is 5.92 Å². The molecule has 1 fully saturated rings. The quantitative estimate of drug-likeness (QED) is 0.913. The SMILES string of the molecule is CCc1nnc(C[C@@H]2CC[C@H](Nc3cc(C#N)ccn3)C2)o1. The van der Waals surface area contributed by atoms with Crippen molar-refractivity contribution in [2.75, 3.05) is 5.32 Å². The third-order valence-electron chi connectivity index (χ3n) is 4.06. The standard InChI is InChI=1S/C16H19N5O/c1-2-15-20-21-16(22-15)9-11-3-4-13(7-11)19-14-8-12(10-17)5-6-18-14/h5-6,8,11,13H,2-4,7,9H2,1H3,(H,18,19)/t11-,13+/m1/s1. The van der Waals surface area contributed by atoms with Crippen molar-refractivity contribution in [1.29, 1.82) is 5.26 Å². The van der Waals surface area contributed by atoms with Crippen LogP contribution in [0.3, 0.4) is 0 Å². The molecular formula is C16H19N5O. The second kappa shape index (κ2) is 6.56. The fraction of sp³-hybridized carbons (Fsp3) is 0.500. The summed E-state index contributed by atoms with van der Waals surface area (Å²) in [5.74, 6) is 2.78. The van der Waals surface area contributed by atoms with Gasteiger partial charge in [0.25, 0.3) is 0 Å². The molecule has 0 unspecified atom stereocenters. The molecule has 0 spiro atoms. The fourth-order valence-electron chi connectivity index (χ4n) is 2.94. The molecule has 0 amide bonds. The van der Waals surface area contributed by atoms with Crippen molar-refractivity contribution < 1.29 is 4.42 Å². The lowest BCUT2D eigenvalue weighted by atomic mass is 10.0. The summed E-state index contributed by atoms with van der Waals surface area (Å²) in [5.41, 5.74) is 0.630. The van der Waals surface area contributed by atoms with E-state index in [4.69, 9.17) is 9.68 Å². The van der Waals surface area contributed by atoms with Crippen molar-refractivity contribution in [2.45, 2.75) is 45.1 Å². The van der Waals surface area contributed by atoms with E-state index in [0.717, 1.165) is 43.8 Å². The molecule has 2 atom stereocenters. The van der Waals surface area contributed by atoms with E-state index in [0.29, 0.717) is 23.4 Å². The van der Waals surface area contributed by atoms with Gasteiger partial charge in [-0.1, -0.05) is 6.92 Å². The van der Waals surface area contributed by atoms with E-state index in [9.17, 15) is 0 Å². The Labute approximate surface area is 129 Å². The molecule has 1 aliphatic carbocycles. The van der Waals surface area contributed by atoms with Gasteiger partial charge in [0.2, 0.25) is 11.8 Å². The van der Waals surface area contributed by atoms with Gasteiger partial charge >= 0.3 is 0 Å². The topological polar surface area (TPSA) is 87.6 Å². The van der Waals surface area contributed by atoms with Crippen LogP contribution in [-0.2, 0) is 12.8 Å². The Bertz CT molecular complexity index is 675. The summed E-state index contributed by atoms with van der Waals surface area (Å²) in [5, 5.41) is 20.4. The highest BCUT2D eigenvalue weighted by molar-refractivity contribution is 5.43. The number of hydrogen-bond acceptors (Lipinski definition) is 6. The van der Waals surface area contributed by atoms with Gasteiger partial charge in [0.05, 0.1) is 11.6 Å². The number of rotatable bonds is 5. The lowest BCUT2D eigenvalue weighted by Gasteiger charge is -2.13. The zero-order valence-corrected chi connectivity index (χ0v) is 12.6. The van der Waals surface area contributed by atoms with Gasteiger partial charge in [-0.15, -0.1) is 10.2 Å². The molecule has 0 saturated heterocycles. The third kappa shape index (κ3) is 3.42. The molecule has 6 heteroatoms. The number of nitrogens with zero attached hydrogens (tertiary/aromatic N) is 4. The summed E-state index contributed by atoms with van der Waals surface area (Å²) in [4.78, 5) is 4.27. The fourth-order valence-corrected chi connectivity index (χ4v) is 2.94. The summed E-state index contributed by atoms with van der Waals surface area (Å²) < 4.78 is 5.59. The minimum Gasteiger partial charge on any atom is -0.425 e. The van der Waals surface area contributed by atoms with Crippen LogP contribution in [0.25, 0.3) is 0 Å². The molecule has 0 bridgehead atoms. The zero-order valence-electron chi connectivity index (χ0n) is 12.6. The second-order valence-electron chi connectivity index (χ2n) is 5.71. The van der Waals surface area contributed by atoms with Crippen LogP contribution in [-0.4, -0.2) is 21.2 Å². The summed E-state index contributed by atoms with van der Waals surface area (Å²) in [6.07, 6.45) is 6.58. The number of nitrogens with one attached hydrogen (secondary N) is 1. The largest absolute Gasteiger partial charge is 0.425 e. The lowest BCUT2D eigenvalue weighted by molar-refractivity contribution is 0.409. The van der Waals surface area contributed by atoms with Crippen LogP contribution in [0.1, 0.15) is 43.5 Å². The summed E-state index contributed by atoms with van der Waals surface area (Å²) in [6, 6.07) is 6.03.